The van der Waals surface area contributed by atoms with E-state index in [1.807, 2.05) is 103 Å². The Kier molecular flexibility index (Phi) is 28.2. The SMILES string of the molecule is CC(C)(O)C(C)(C)O.CC(C)(O)C(C)(C)O.CC1(C)OB(c2cccc(-c3nc(-c4ccccc4)c4sc5ccccc5c4n3)c2)OC1(C)C.Clc1cccc(-c2nc(-c3ccccc3)c3sc4ccccc4c3n2)c1.Clc1nc(-c2ccccc2)c2sc3ccccc3c2n1.OB(O)c1cccc(Cl)c1.[2H]CF.[B][B]. The van der Waals surface area contributed by atoms with Crippen LogP contribution >= 0.6 is 68.8 Å². The minimum absolute atomic E-state index is 0.292. The van der Waals surface area contributed by atoms with Crippen molar-refractivity contribution in [1.82, 2.24) is 29.9 Å². The minimum atomic E-state index is -1.43. The molecule has 1 aliphatic heterocycles. The zero-order valence-corrected chi connectivity index (χ0v) is 67.7. The van der Waals surface area contributed by atoms with Crippen LogP contribution in [-0.2, 0) is 9.31 Å². The molecule has 6 aromatic heterocycles. The normalized spacial score (nSPS) is 13.1. The Hall–Kier alpha value is -8.38. The fourth-order valence-electron chi connectivity index (χ4n) is 10.5. The van der Waals surface area contributed by atoms with Crippen LogP contribution in [0.25, 0.3) is 117 Å². The number of hydrogen-bond acceptors (Lipinski definition) is 17. The summed E-state index contributed by atoms with van der Waals surface area (Å²) in [7, 11) is 5.14. The fraction of sp³-hybridized carbons (Fsp3) is 0.224. The van der Waals surface area contributed by atoms with Gasteiger partial charge in [-0.3, -0.25) is 4.39 Å². The van der Waals surface area contributed by atoms with Gasteiger partial charge in [0.05, 0.1) is 89.9 Å². The first kappa shape index (κ1) is 84.1. The van der Waals surface area contributed by atoms with Crippen molar-refractivity contribution < 1.29 is 45.5 Å². The lowest BCUT2D eigenvalue weighted by Crippen LogP contribution is -2.44. The van der Waals surface area contributed by atoms with Crippen LogP contribution in [-0.4, -0.2) is 131 Å². The molecule has 0 spiro atoms. The van der Waals surface area contributed by atoms with Gasteiger partial charge in [0, 0.05) is 83.6 Å². The Balaban J connectivity index is 0.000000164. The summed E-state index contributed by atoms with van der Waals surface area (Å²) in [5, 5.41) is 58.6. The number of aliphatic hydroxyl groups is 4. The maximum Gasteiger partial charge on any atom is 0.494 e. The lowest BCUT2D eigenvalue weighted by molar-refractivity contribution is -0.107. The topological polar surface area (TPSA) is 217 Å². The van der Waals surface area contributed by atoms with Crippen LogP contribution in [0.3, 0.4) is 0 Å². The van der Waals surface area contributed by atoms with Crippen LogP contribution in [0.5, 0.6) is 0 Å². The van der Waals surface area contributed by atoms with E-state index in [1.54, 1.807) is 108 Å². The first-order valence-electron chi connectivity index (χ1n) is 35.6. The molecule has 7 heterocycles. The third-order valence-electron chi connectivity index (χ3n) is 18.7. The van der Waals surface area contributed by atoms with E-state index in [4.69, 9.17) is 95.9 Å². The van der Waals surface area contributed by atoms with Gasteiger partial charge in [-0.2, -0.15) is 0 Å². The number of nitrogens with zero attached hydrogens (tertiary/aromatic N) is 6. The zero-order valence-electron chi connectivity index (χ0n) is 64.0. The summed E-state index contributed by atoms with van der Waals surface area (Å²) in [6, 6.07) is 78.1. The molecule has 16 rings (SSSR count). The van der Waals surface area contributed by atoms with Crippen molar-refractivity contribution in [3.63, 3.8) is 0 Å². The van der Waals surface area contributed by atoms with Gasteiger partial charge >= 0.3 is 14.2 Å². The fourth-order valence-corrected chi connectivity index (χ4v) is 14.5. The van der Waals surface area contributed by atoms with Gasteiger partial charge in [-0.15, -0.1) is 34.0 Å². The number of thiophene rings is 3. The second-order valence-corrected chi connectivity index (χ2v) is 32.8. The molecule has 560 valence electrons. The van der Waals surface area contributed by atoms with Crippen molar-refractivity contribution in [3.05, 3.63) is 252 Å². The first-order chi connectivity index (χ1) is 52.6. The maximum absolute atomic E-state index is 9.96. The van der Waals surface area contributed by atoms with Crippen molar-refractivity contribution >= 4 is 170 Å². The van der Waals surface area contributed by atoms with E-state index in [0.717, 1.165) is 97.2 Å². The molecular weight excluding hydrogens is 1500 g/mol. The van der Waals surface area contributed by atoms with Gasteiger partial charge in [0.1, 0.15) is 0 Å². The molecule has 0 unspecified atom stereocenters. The summed E-state index contributed by atoms with van der Waals surface area (Å²) in [6.07, 6.45) is 0. The highest BCUT2D eigenvalue weighted by Gasteiger charge is 2.52. The number of benzene rings is 9. The van der Waals surface area contributed by atoms with E-state index in [0.29, 0.717) is 32.4 Å². The Labute approximate surface area is 673 Å². The third kappa shape index (κ3) is 20.8. The molecule has 1 saturated heterocycles. The second-order valence-electron chi connectivity index (χ2n) is 28.4. The molecule has 0 aliphatic carbocycles. The van der Waals surface area contributed by atoms with Gasteiger partial charge in [-0.25, -0.2) is 29.9 Å². The van der Waals surface area contributed by atoms with Crippen LogP contribution in [0.1, 0.15) is 84.5 Å². The first-order valence-corrected chi connectivity index (χ1v) is 38.5. The van der Waals surface area contributed by atoms with Crippen LogP contribution in [0.4, 0.5) is 4.39 Å². The van der Waals surface area contributed by atoms with E-state index in [2.05, 4.69) is 162 Å². The number of halogens is 4. The number of aromatic nitrogens is 6. The lowest BCUT2D eigenvalue weighted by atomic mass is 9.78. The molecular formula is C85H84B4Cl3FN6O8S3. The van der Waals surface area contributed by atoms with Crippen molar-refractivity contribution in [1.29, 1.82) is 0 Å². The highest BCUT2D eigenvalue weighted by Crippen LogP contribution is 2.43. The number of alkyl halides is 1. The smallest absolute Gasteiger partial charge is 0.423 e. The summed E-state index contributed by atoms with van der Waals surface area (Å²) < 4.78 is 35.0. The van der Waals surface area contributed by atoms with Crippen LogP contribution in [0.15, 0.2) is 237 Å². The second kappa shape index (κ2) is 36.8. The molecule has 15 aromatic rings. The number of rotatable bonds is 9. The number of fused-ring (bicyclic) bond motifs is 9. The van der Waals surface area contributed by atoms with Gasteiger partial charge in [0.15, 0.2) is 11.6 Å². The lowest BCUT2D eigenvalue weighted by Gasteiger charge is -2.32. The van der Waals surface area contributed by atoms with E-state index in [1.165, 1.54) is 20.2 Å². The number of hydrogen-bond donors (Lipinski definition) is 6. The van der Waals surface area contributed by atoms with Gasteiger partial charge < -0.3 is 39.8 Å². The van der Waals surface area contributed by atoms with E-state index >= 15 is 0 Å². The zero-order chi connectivity index (χ0) is 80.8. The van der Waals surface area contributed by atoms with E-state index in [9.17, 15) is 4.39 Å². The summed E-state index contributed by atoms with van der Waals surface area (Å²) in [6.45, 7) is 20.9. The van der Waals surface area contributed by atoms with Crippen LogP contribution in [0.2, 0.25) is 15.3 Å². The van der Waals surface area contributed by atoms with Crippen LogP contribution < -0.4 is 10.9 Å². The summed E-state index contributed by atoms with van der Waals surface area (Å²) in [5.74, 6) is 1.40. The predicted molar refractivity (Wildman–Crippen MR) is 463 cm³/mol. The third-order valence-corrected chi connectivity index (χ3v) is 22.8. The summed E-state index contributed by atoms with van der Waals surface area (Å²) in [5.41, 5.74) is 7.43. The van der Waals surface area contributed by atoms with Crippen molar-refractivity contribution in [2.24, 2.45) is 0 Å². The standard InChI is InChI=1S/C28H25BN2O2S.C22H13ClN2S.C16H9ClN2S.C6H6BClO2.2C6H14O2.CH3F.B2/c1-27(2)28(3,4)33-29(32-27)20-14-10-13-19(17-20)26-30-23(18-11-6-5-7-12-18)25-24(31-26)21-15-8-9-16-22(21)34-25;23-16-10-6-9-15(13-16)22-24-19(14-7-2-1-3-8-14)21-20(25-22)17-11-4-5-12-18(17)26-21;17-16-18-13(10-6-2-1-3-7-10)15-14(19-16)11-8-4-5-9-12(11)20-15;8-6-3-1-2-5(4-6)7(9)10;2*1-5(2,7)6(3,4)8;2*1-2/h5-17H,1-4H3;1-13H;1-9H;1-4,9-10H;2*7-8H,1-4H3;1H3;/i;;;;;;1D;. The summed E-state index contributed by atoms with van der Waals surface area (Å²) >= 11 is 23.1. The van der Waals surface area contributed by atoms with Gasteiger partial charge in [0.25, 0.3) is 0 Å². The molecule has 0 atom stereocenters. The molecule has 9 aromatic carbocycles. The van der Waals surface area contributed by atoms with Crippen molar-refractivity contribution in [2.75, 3.05) is 7.15 Å². The van der Waals surface area contributed by atoms with Crippen LogP contribution in [0, 0.1) is 0 Å². The van der Waals surface area contributed by atoms with Crippen molar-refractivity contribution in [3.8, 4) is 56.5 Å². The highest BCUT2D eigenvalue weighted by molar-refractivity contribution is 7.27. The van der Waals surface area contributed by atoms with E-state index in [-0.39, 0.29) is 11.2 Å². The molecule has 1 aliphatic rings. The Bertz CT molecular complexity index is 5530. The monoisotopic (exact) mass is 1580 g/mol. The molecule has 4 radical (unpaired) electrons. The predicted octanol–water partition coefficient (Wildman–Crippen LogP) is 19.4. The molecule has 0 saturated carbocycles. The highest BCUT2D eigenvalue weighted by atomic mass is 35.5. The maximum atomic E-state index is 9.96. The average Bonchev–Trinajstić information content (AvgIpc) is 1.64. The molecule has 0 amide bonds. The summed E-state index contributed by atoms with van der Waals surface area (Å²) in [4.78, 5) is 28.8. The average molecular weight is 1580 g/mol. The quantitative estimate of drug-likeness (QED) is 0.0586. The van der Waals surface area contributed by atoms with Gasteiger partial charge in [0.2, 0.25) is 5.28 Å². The van der Waals surface area contributed by atoms with Crippen molar-refractivity contribution in [2.45, 2.75) is 117 Å². The molecule has 25 heteroatoms. The molecule has 0 bridgehead atoms. The minimum Gasteiger partial charge on any atom is -0.423 e. The molecule has 1 fully saturated rings. The Morgan fingerprint density at radius 2 is 0.718 bits per heavy atom. The molecule has 6 N–H and O–H groups in total. The van der Waals surface area contributed by atoms with E-state index < -0.39 is 43.8 Å². The largest absolute Gasteiger partial charge is 0.494 e. The van der Waals surface area contributed by atoms with Gasteiger partial charge in [-0.05, 0) is 148 Å². The van der Waals surface area contributed by atoms with Gasteiger partial charge in [-0.1, -0.05) is 217 Å². The Morgan fingerprint density at radius 3 is 1.06 bits per heavy atom. The Morgan fingerprint density at radius 1 is 0.409 bits per heavy atom. The molecule has 110 heavy (non-hydrogen) atoms. The molecule has 14 nitrogen and oxygen atoms in total.